The van der Waals surface area contributed by atoms with Crippen molar-refractivity contribution in [2.45, 2.75) is 52.0 Å². The number of benzene rings is 1. The molecule has 110 valence electrons. The summed E-state index contributed by atoms with van der Waals surface area (Å²) in [6, 6.07) is 9.24. The normalized spacial score (nSPS) is 21.6. The van der Waals surface area contributed by atoms with E-state index in [1.165, 1.54) is 24.0 Å². The van der Waals surface area contributed by atoms with Crippen molar-refractivity contribution < 1.29 is 0 Å². The van der Waals surface area contributed by atoms with Crippen LogP contribution in [-0.2, 0) is 0 Å². The summed E-state index contributed by atoms with van der Waals surface area (Å²) in [7, 11) is 0. The second-order valence-corrected chi connectivity index (χ2v) is 5.56. The lowest BCUT2D eigenvalue weighted by Crippen LogP contribution is -2.39. The molecule has 3 nitrogen and oxygen atoms in total. The van der Waals surface area contributed by atoms with Crippen molar-refractivity contribution in [1.29, 1.82) is 0 Å². The Hall–Kier alpha value is -1.51. The van der Waals surface area contributed by atoms with Crippen LogP contribution in [0, 0.1) is 6.92 Å². The first kappa shape index (κ1) is 14.9. The molecule has 1 aromatic rings. The molecule has 0 radical (unpaired) electrons. The highest BCUT2D eigenvalue weighted by atomic mass is 15.2. The molecule has 2 unspecified atom stereocenters. The van der Waals surface area contributed by atoms with Gasteiger partial charge in [-0.1, -0.05) is 37.6 Å². The lowest BCUT2D eigenvalue weighted by Gasteiger charge is -2.11. The lowest BCUT2D eigenvalue weighted by atomic mass is 10.0. The number of rotatable bonds is 6. The summed E-state index contributed by atoms with van der Waals surface area (Å²) in [5, 5.41) is 6.90. The summed E-state index contributed by atoms with van der Waals surface area (Å²) in [6.07, 6.45) is 3.56. The van der Waals surface area contributed by atoms with Gasteiger partial charge in [0.15, 0.2) is 5.96 Å². The number of hydrogen-bond donors (Lipinski definition) is 2. The summed E-state index contributed by atoms with van der Waals surface area (Å²) in [4.78, 5) is 4.63. The minimum atomic E-state index is 0.538. The zero-order valence-electron chi connectivity index (χ0n) is 12.9. The largest absolute Gasteiger partial charge is 0.357 e. The highest BCUT2D eigenvalue weighted by Crippen LogP contribution is 2.41. The van der Waals surface area contributed by atoms with Gasteiger partial charge in [0.1, 0.15) is 0 Å². The fourth-order valence-corrected chi connectivity index (χ4v) is 2.55. The summed E-state index contributed by atoms with van der Waals surface area (Å²) in [5.74, 6) is 1.62. The molecule has 1 saturated carbocycles. The molecular formula is C17H27N3. The number of aliphatic imine (C=N–C) groups is 1. The zero-order valence-corrected chi connectivity index (χ0v) is 12.9. The van der Waals surface area contributed by atoms with Crippen LogP contribution in [0.2, 0.25) is 0 Å². The quantitative estimate of drug-likeness (QED) is 0.474. The maximum Gasteiger partial charge on any atom is 0.191 e. The van der Waals surface area contributed by atoms with Crippen molar-refractivity contribution in [2.24, 2.45) is 4.99 Å². The minimum absolute atomic E-state index is 0.538. The van der Waals surface area contributed by atoms with Crippen LogP contribution in [-0.4, -0.2) is 25.1 Å². The summed E-state index contributed by atoms with van der Waals surface area (Å²) < 4.78 is 0. The SMILES string of the molecule is CCCCN=C(NCC)NC1CC1c1ccccc1C. The Morgan fingerprint density at radius 3 is 2.80 bits per heavy atom. The first-order chi connectivity index (χ1) is 9.76. The molecule has 1 aliphatic rings. The zero-order chi connectivity index (χ0) is 14.4. The van der Waals surface area contributed by atoms with Crippen LogP contribution < -0.4 is 10.6 Å². The molecule has 1 aliphatic carbocycles. The van der Waals surface area contributed by atoms with Gasteiger partial charge in [-0.05, 0) is 37.8 Å². The predicted molar refractivity (Wildman–Crippen MR) is 86.3 cm³/mol. The molecular weight excluding hydrogens is 246 g/mol. The third-order valence-corrected chi connectivity index (χ3v) is 3.83. The summed E-state index contributed by atoms with van der Waals surface area (Å²) in [6.45, 7) is 8.34. The fraction of sp³-hybridized carbons (Fsp3) is 0.588. The molecule has 0 aromatic heterocycles. The van der Waals surface area contributed by atoms with Gasteiger partial charge in [-0.2, -0.15) is 0 Å². The molecule has 0 bridgehead atoms. The van der Waals surface area contributed by atoms with E-state index in [2.05, 4.69) is 60.7 Å². The van der Waals surface area contributed by atoms with Crippen molar-refractivity contribution in [1.82, 2.24) is 10.6 Å². The standard InChI is InChI=1S/C17H27N3/c1-4-6-11-19-17(18-5-2)20-16-12-15(16)14-10-8-7-9-13(14)3/h7-10,15-16H,4-6,11-12H2,1-3H3,(H2,18,19,20). The highest BCUT2D eigenvalue weighted by molar-refractivity contribution is 5.80. The molecule has 0 aliphatic heterocycles. The third-order valence-electron chi connectivity index (χ3n) is 3.83. The lowest BCUT2D eigenvalue weighted by molar-refractivity contribution is 0.763. The Balaban J connectivity index is 1.90. The highest BCUT2D eigenvalue weighted by Gasteiger charge is 2.39. The second kappa shape index (κ2) is 7.32. The molecule has 2 atom stereocenters. The van der Waals surface area contributed by atoms with Crippen LogP contribution in [0.3, 0.4) is 0 Å². The molecule has 1 aromatic carbocycles. The van der Waals surface area contributed by atoms with E-state index in [-0.39, 0.29) is 0 Å². The van der Waals surface area contributed by atoms with Gasteiger partial charge >= 0.3 is 0 Å². The number of hydrogen-bond acceptors (Lipinski definition) is 1. The van der Waals surface area contributed by atoms with Gasteiger partial charge in [-0.3, -0.25) is 4.99 Å². The Morgan fingerprint density at radius 1 is 1.30 bits per heavy atom. The van der Waals surface area contributed by atoms with Crippen molar-refractivity contribution >= 4 is 5.96 Å². The van der Waals surface area contributed by atoms with Crippen LogP contribution in [0.15, 0.2) is 29.3 Å². The first-order valence-corrected chi connectivity index (χ1v) is 7.86. The molecule has 1 fully saturated rings. The van der Waals surface area contributed by atoms with Crippen molar-refractivity contribution in [3.05, 3.63) is 35.4 Å². The topological polar surface area (TPSA) is 36.4 Å². The van der Waals surface area contributed by atoms with Crippen LogP contribution in [0.25, 0.3) is 0 Å². The van der Waals surface area contributed by atoms with Crippen LogP contribution in [0.1, 0.15) is 50.2 Å². The van der Waals surface area contributed by atoms with Crippen molar-refractivity contribution in [3.8, 4) is 0 Å². The summed E-state index contributed by atoms with van der Waals surface area (Å²) >= 11 is 0. The molecule has 2 rings (SSSR count). The summed E-state index contributed by atoms with van der Waals surface area (Å²) in [5.41, 5.74) is 2.88. The van der Waals surface area contributed by atoms with E-state index in [1.807, 2.05) is 0 Å². The van der Waals surface area contributed by atoms with Crippen LogP contribution in [0.4, 0.5) is 0 Å². The number of aryl methyl sites for hydroxylation is 1. The fourth-order valence-electron chi connectivity index (χ4n) is 2.55. The van der Waals surface area contributed by atoms with Crippen LogP contribution >= 0.6 is 0 Å². The minimum Gasteiger partial charge on any atom is -0.357 e. The van der Waals surface area contributed by atoms with E-state index in [9.17, 15) is 0 Å². The average Bonchev–Trinajstić information content (AvgIpc) is 3.19. The van der Waals surface area contributed by atoms with Gasteiger partial charge in [0.05, 0.1) is 0 Å². The molecule has 0 saturated heterocycles. The smallest absolute Gasteiger partial charge is 0.191 e. The van der Waals surface area contributed by atoms with Crippen molar-refractivity contribution in [3.63, 3.8) is 0 Å². The Kier molecular flexibility index (Phi) is 5.45. The molecule has 0 heterocycles. The van der Waals surface area contributed by atoms with Gasteiger partial charge in [0.2, 0.25) is 0 Å². The number of nitrogens with one attached hydrogen (secondary N) is 2. The van der Waals surface area contributed by atoms with Crippen molar-refractivity contribution in [2.75, 3.05) is 13.1 Å². The second-order valence-electron chi connectivity index (χ2n) is 5.56. The first-order valence-electron chi connectivity index (χ1n) is 7.86. The molecule has 3 heteroatoms. The molecule has 0 amide bonds. The molecule has 20 heavy (non-hydrogen) atoms. The Bertz CT molecular complexity index is 453. The monoisotopic (exact) mass is 273 g/mol. The van der Waals surface area contributed by atoms with E-state index < -0.39 is 0 Å². The van der Waals surface area contributed by atoms with Gasteiger partial charge in [0.25, 0.3) is 0 Å². The number of guanidine groups is 1. The van der Waals surface area contributed by atoms with E-state index in [1.54, 1.807) is 0 Å². The van der Waals surface area contributed by atoms with Gasteiger partial charge in [-0.15, -0.1) is 0 Å². The third kappa shape index (κ3) is 3.99. The maximum atomic E-state index is 4.63. The van der Waals surface area contributed by atoms with Gasteiger partial charge < -0.3 is 10.6 Å². The maximum absolute atomic E-state index is 4.63. The van der Waals surface area contributed by atoms with E-state index >= 15 is 0 Å². The van der Waals surface area contributed by atoms with Crippen LogP contribution in [0.5, 0.6) is 0 Å². The number of unbranched alkanes of at least 4 members (excludes halogenated alkanes) is 1. The van der Waals surface area contributed by atoms with Gasteiger partial charge in [0, 0.05) is 25.0 Å². The average molecular weight is 273 g/mol. The Labute approximate surface area is 122 Å². The Morgan fingerprint density at radius 2 is 2.10 bits per heavy atom. The molecule has 2 N–H and O–H groups in total. The van der Waals surface area contributed by atoms with E-state index in [0.29, 0.717) is 12.0 Å². The molecule has 0 spiro atoms. The van der Waals surface area contributed by atoms with E-state index in [4.69, 9.17) is 0 Å². The predicted octanol–water partition coefficient (Wildman–Crippen LogP) is 3.21. The number of nitrogens with zero attached hydrogens (tertiary/aromatic N) is 1. The van der Waals surface area contributed by atoms with E-state index in [0.717, 1.165) is 25.5 Å². The van der Waals surface area contributed by atoms with Gasteiger partial charge in [-0.25, -0.2) is 0 Å².